The zero-order valence-electron chi connectivity index (χ0n) is 19.1. The third-order valence-corrected chi connectivity index (χ3v) is 5.78. The molecular weight excluding hydrogens is 438 g/mol. The Kier molecular flexibility index (Phi) is 6.88. The predicted octanol–water partition coefficient (Wildman–Crippen LogP) is 4.99. The van der Waals surface area contributed by atoms with Crippen molar-refractivity contribution in [3.05, 3.63) is 72.3 Å². The van der Waals surface area contributed by atoms with Crippen molar-refractivity contribution in [2.75, 3.05) is 30.3 Å². The summed E-state index contributed by atoms with van der Waals surface area (Å²) in [6.45, 7) is 4.91. The molecule has 0 saturated carbocycles. The Bertz CT molecular complexity index is 1350. The van der Waals surface area contributed by atoms with Gasteiger partial charge < -0.3 is 15.2 Å². The maximum atomic E-state index is 13.8. The monoisotopic (exact) mass is 464 g/mol. The summed E-state index contributed by atoms with van der Waals surface area (Å²) in [4.78, 5) is 26.6. The lowest BCUT2D eigenvalue weighted by molar-refractivity contribution is -0.119. The number of aromatic nitrogens is 1. The van der Waals surface area contributed by atoms with Crippen LogP contribution in [0.2, 0.25) is 0 Å². The summed E-state index contributed by atoms with van der Waals surface area (Å²) in [5, 5.41) is 7.30. The molecule has 0 unspecified atom stereocenters. The number of aryl methyl sites for hydroxylation is 1. The summed E-state index contributed by atoms with van der Waals surface area (Å²) in [7, 11) is 0. The second kappa shape index (κ2) is 10.0. The van der Waals surface area contributed by atoms with E-state index >= 15 is 0 Å². The first kappa shape index (κ1) is 23.4. The lowest BCUT2D eigenvalue weighted by atomic mass is 10.1. The fraction of sp³-hybridized carbons (Fsp3) is 0.231. The number of carbonyl (C=O) groups excluding carboxylic acids is 2. The molecule has 0 saturated heterocycles. The number of halogens is 2. The highest BCUT2D eigenvalue weighted by molar-refractivity contribution is 6.09. The summed E-state index contributed by atoms with van der Waals surface area (Å²) >= 11 is 0. The van der Waals surface area contributed by atoms with Crippen molar-refractivity contribution in [3.63, 3.8) is 0 Å². The number of hydrogen-bond acceptors (Lipinski definition) is 3. The van der Waals surface area contributed by atoms with Gasteiger partial charge in [0.05, 0.1) is 13.1 Å². The minimum Gasteiger partial charge on any atom is -0.341 e. The van der Waals surface area contributed by atoms with Gasteiger partial charge in [0.15, 0.2) is 0 Å². The van der Waals surface area contributed by atoms with Crippen LogP contribution in [-0.4, -0.2) is 40.9 Å². The first-order valence-corrected chi connectivity index (χ1v) is 11.2. The van der Waals surface area contributed by atoms with E-state index in [1.807, 2.05) is 30.3 Å². The van der Waals surface area contributed by atoms with Crippen molar-refractivity contribution in [1.82, 2.24) is 9.47 Å². The Labute approximate surface area is 196 Å². The number of fused-ring (bicyclic) bond motifs is 3. The molecule has 0 fully saturated rings. The van der Waals surface area contributed by atoms with Crippen LogP contribution in [0.3, 0.4) is 0 Å². The maximum Gasteiger partial charge on any atom is 0.238 e. The minimum atomic E-state index is -0.853. The van der Waals surface area contributed by atoms with E-state index in [2.05, 4.69) is 34.3 Å². The largest absolute Gasteiger partial charge is 0.341 e. The van der Waals surface area contributed by atoms with Gasteiger partial charge in [0.1, 0.15) is 17.3 Å². The summed E-state index contributed by atoms with van der Waals surface area (Å²) in [6.07, 6.45) is 0. The first-order valence-electron chi connectivity index (χ1n) is 11.2. The highest BCUT2D eigenvalue weighted by Gasteiger charge is 2.17. The van der Waals surface area contributed by atoms with E-state index in [-0.39, 0.29) is 19.0 Å². The van der Waals surface area contributed by atoms with E-state index in [1.54, 1.807) is 11.8 Å². The van der Waals surface area contributed by atoms with Gasteiger partial charge in [0.25, 0.3) is 0 Å². The summed E-state index contributed by atoms with van der Waals surface area (Å²) in [5.41, 5.74) is 2.39. The number of hydrogen-bond donors (Lipinski definition) is 2. The third-order valence-electron chi connectivity index (χ3n) is 5.78. The molecule has 6 nitrogen and oxygen atoms in total. The minimum absolute atomic E-state index is 0.0432. The number of nitrogens with one attached hydrogen (secondary N) is 2. The van der Waals surface area contributed by atoms with Crippen molar-refractivity contribution in [3.8, 4) is 0 Å². The van der Waals surface area contributed by atoms with Gasteiger partial charge in [-0.1, -0.05) is 31.2 Å². The summed E-state index contributed by atoms with van der Waals surface area (Å²) in [5.74, 6) is -2.60. The number of rotatable bonds is 8. The predicted molar refractivity (Wildman–Crippen MR) is 131 cm³/mol. The molecular formula is C26H26F2N4O2. The zero-order chi connectivity index (χ0) is 24.2. The highest BCUT2D eigenvalue weighted by Crippen LogP contribution is 2.31. The quantitative estimate of drug-likeness (QED) is 0.386. The number of anilines is 2. The van der Waals surface area contributed by atoms with E-state index in [0.717, 1.165) is 40.5 Å². The van der Waals surface area contributed by atoms with Crippen molar-refractivity contribution in [2.24, 2.45) is 0 Å². The second-order valence-electron chi connectivity index (χ2n) is 7.99. The Morgan fingerprint density at radius 1 is 0.824 bits per heavy atom. The van der Waals surface area contributed by atoms with E-state index in [9.17, 15) is 18.4 Å². The van der Waals surface area contributed by atoms with E-state index in [0.29, 0.717) is 12.2 Å². The van der Waals surface area contributed by atoms with Gasteiger partial charge in [0.2, 0.25) is 11.8 Å². The van der Waals surface area contributed by atoms with Crippen LogP contribution in [0, 0.1) is 11.6 Å². The molecule has 34 heavy (non-hydrogen) atoms. The molecule has 0 bridgehead atoms. The average molecular weight is 465 g/mol. The standard InChI is InChI=1S/C26H26F2N4O2/c1-3-31(16-25(34)30-26-20(27)9-7-10-21(26)28)15-24(33)29-17-12-13-23-19(14-17)18-8-5-6-11-22(18)32(23)4-2/h5-14H,3-4,15-16H2,1-2H3,(H,29,33)(H,30,34). The lowest BCUT2D eigenvalue weighted by Gasteiger charge is -2.19. The molecule has 0 aliphatic rings. The van der Waals surface area contributed by atoms with E-state index in [1.165, 1.54) is 6.07 Å². The molecule has 0 spiro atoms. The van der Waals surface area contributed by atoms with Crippen LogP contribution < -0.4 is 10.6 Å². The van der Waals surface area contributed by atoms with Gasteiger partial charge in [0, 0.05) is 34.0 Å². The number of benzene rings is 3. The van der Waals surface area contributed by atoms with Crippen molar-refractivity contribution in [1.29, 1.82) is 0 Å². The fourth-order valence-electron chi connectivity index (χ4n) is 4.15. The van der Waals surface area contributed by atoms with Crippen LogP contribution in [0.15, 0.2) is 60.7 Å². The normalized spacial score (nSPS) is 11.3. The average Bonchev–Trinajstić information content (AvgIpc) is 3.14. The molecule has 0 atom stereocenters. The SMILES string of the molecule is CCN(CC(=O)Nc1ccc2c(c1)c1ccccc1n2CC)CC(=O)Nc1c(F)cccc1F. The number of amides is 2. The van der Waals surface area contributed by atoms with Crippen LogP contribution >= 0.6 is 0 Å². The lowest BCUT2D eigenvalue weighted by Crippen LogP contribution is -2.38. The molecule has 8 heteroatoms. The molecule has 0 aliphatic carbocycles. The van der Waals surface area contributed by atoms with Crippen molar-refractivity contribution < 1.29 is 18.4 Å². The maximum absolute atomic E-state index is 13.8. The molecule has 1 aromatic heterocycles. The molecule has 3 aromatic carbocycles. The summed E-state index contributed by atoms with van der Waals surface area (Å²) in [6, 6.07) is 17.3. The Balaban J connectivity index is 1.44. The van der Waals surface area contributed by atoms with Gasteiger partial charge in [-0.15, -0.1) is 0 Å². The fourth-order valence-corrected chi connectivity index (χ4v) is 4.15. The van der Waals surface area contributed by atoms with Gasteiger partial charge >= 0.3 is 0 Å². The number of likely N-dealkylation sites (N-methyl/N-ethyl adjacent to an activating group) is 1. The van der Waals surface area contributed by atoms with Gasteiger partial charge in [-0.2, -0.15) is 0 Å². The Morgan fingerprint density at radius 2 is 1.47 bits per heavy atom. The van der Waals surface area contributed by atoms with Crippen LogP contribution in [0.1, 0.15) is 13.8 Å². The van der Waals surface area contributed by atoms with E-state index < -0.39 is 23.2 Å². The first-order chi connectivity index (χ1) is 16.4. The van der Waals surface area contributed by atoms with Gasteiger partial charge in [-0.3, -0.25) is 14.5 Å². The molecule has 0 radical (unpaired) electrons. The van der Waals surface area contributed by atoms with Gasteiger partial charge in [-0.25, -0.2) is 8.78 Å². The smallest absolute Gasteiger partial charge is 0.238 e. The Morgan fingerprint density at radius 3 is 2.15 bits per heavy atom. The summed E-state index contributed by atoms with van der Waals surface area (Å²) < 4.78 is 29.8. The highest BCUT2D eigenvalue weighted by atomic mass is 19.1. The number of carbonyl (C=O) groups is 2. The molecule has 176 valence electrons. The van der Waals surface area contributed by atoms with Crippen LogP contribution in [0.4, 0.5) is 20.2 Å². The van der Waals surface area contributed by atoms with Crippen LogP contribution in [0.25, 0.3) is 21.8 Å². The molecule has 1 heterocycles. The molecule has 2 amide bonds. The van der Waals surface area contributed by atoms with Crippen molar-refractivity contribution >= 4 is 45.0 Å². The van der Waals surface area contributed by atoms with E-state index in [4.69, 9.17) is 0 Å². The molecule has 2 N–H and O–H groups in total. The third kappa shape index (κ3) is 4.77. The second-order valence-corrected chi connectivity index (χ2v) is 7.99. The molecule has 4 rings (SSSR count). The molecule has 0 aliphatic heterocycles. The Hall–Kier alpha value is -3.78. The number of para-hydroxylation sites is 2. The number of nitrogens with zero attached hydrogens (tertiary/aromatic N) is 2. The molecule has 4 aromatic rings. The topological polar surface area (TPSA) is 66.4 Å². The van der Waals surface area contributed by atoms with Crippen LogP contribution in [-0.2, 0) is 16.1 Å². The van der Waals surface area contributed by atoms with Crippen LogP contribution in [0.5, 0.6) is 0 Å². The van der Waals surface area contributed by atoms with Crippen molar-refractivity contribution in [2.45, 2.75) is 20.4 Å². The zero-order valence-corrected chi connectivity index (χ0v) is 19.1. The van der Waals surface area contributed by atoms with Gasteiger partial charge in [-0.05, 0) is 49.9 Å².